The van der Waals surface area contributed by atoms with Crippen molar-refractivity contribution in [3.8, 4) is 0 Å². The molecule has 0 radical (unpaired) electrons. The van der Waals surface area contributed by atoms with Gasteiger partial charge in [-0.25, -0.2) is 0 Å². The largest absolute Gasteiger partial charge is 0.391 e. The fourth-order valence-corrected chi connectivity index (χ4v) is 1.38. The smallest absolute Gasteiger partial charge is 0.217 e. The molecule has 2 amide bonds. The van der Waals surface area contributed by atoms with Gasteiger partial charge >= 0.3 is 0 Å². The first-order valence-electron chi connectivity index (χ1n) is 5.15. The normalized spacial score (nSPS) is 17.5. The van der Waals surface area contributed by atoms with Gasteiger partial charge in [-0.1, -0.05) is 0 Å². The monoisotopic (exact) mass is 246 g/mol. The number of aldehydes is 1. The molecule has 4 atom stereocenters. The van der Waals surface area contributed by atoms with Crippen molar-refractivity contribution in [2.45, 2.75) is 45.1 Å². The molecule has 0 heterocycles. The van der Waals surface area contributed by atoms with E-state index in [1.165, 1.54) is 20.8 Å². The molecule has 7 nitrogen and oxygen atoms in total. The lowest BCUT2D eigenvalue weighted by atomic mass is 9.99. The van der Waals surface area contributed by atoms with Gasteiger partial charge in [0.1, 0.15) is 18.4 Å². The minimum atomic E-state index is -1.40. The molecule has 0 fully saturated rings. The molecular weight excluding hydrogens is 228 g/mol. The van der Waals surface area contributed by atoms with Crippen LogP contribution in [0.25, 0.3) is 0 Å². The Balaban J connectivity index is 4.77. The lowest BCUT2D eigenvalue weighted by Crippen LogP contribution is -2.58. The van der Waals surface area contributed by atoms with Gasteiger partial charge in [0, 0.05) is 13.8 Å². The highest BCUT2D eigenvalue weighted by molar-refractivity contribution is 5.78. The van der Waals surface area contributed by atoms with E-state index in [9.17, 15) is 24.6 Å². The number of hydrogen-bond donors (Lipinski definition) is 4. The van der Waals surface area contributed by atoms with Crippen LogP contribution in [0.15, 0.2) is 0 Å². The van der Waals surface area contributed by atoms with Gasteiger partial charge in [0.25, 0.3) is 0 Å². The van der Waals surface area contributed by atoms with Crippen LogP contribution in [-0.2, 0) is 14.4 Å². The van der Waals surface area contributed by atoms with Gasteiger partial charge in [0.15, 0.2) is 0 Å². The Morgan fingerprint density at radius 1 is 1.12 bits per heavy atom. The van der Waals surface area contributed by atoms with Gasteiger partial charge in [-0.15, -0.1) is 0 Å². The third-order valence-electron chi connectivity index (χ3n) is 2.14. The van der Waals surface area contributed by atoms with Crippen LogP contribution in [0.1, 0.15) is 20.8 Å². The van der Waals surface area contributed by atoms with Crippen molar-refractivity contribution >= 4 is 18.1 Å². The zero-order valence-electron chi connectivity index (χ0n) is 10.0. The molecule has 0 saturated carbocycles. The average molecular weight is 246 g/mol. The molecule has 0 aromatic heterocycles. The summed E-state index contributed by atoms with van der Waals surface area (Å²) in [6.45, 7) is 3.77. The summed E-state index contributed by atoms with van der Waals surface area (Å²) in [5, 5.41) is 23.8. The third-order valence-corrected chi connectivity index (χ3v) is 2.14. The van der Waals surface area contributed by atoms with Crippen LogP contribution in [0.2, 0.25) is 0 Å². The molecule has 0 rings (SSSR count). The standard InChI is InChI=1S/C10H18N2O5/c1-5(14)9(12-7(3)16)10(17)8(4-13)11-6(2)15/h4-5,8-10,14,17H,1-3H3,(H,11,15)(H,12,16)/t5-,8-,9-,10+/m0/s1. The predicted molar refractivity (Wildman–Crippen MR) is 59.0 cm³/mol. The highest BCUT2D eigenvalue weighted by atomic mass is 16.3. The first kappa shape index (κ1) is 15.5. The van der Waals surface area contributed by atoms with Crippen molar-refractivity contribution in [2.75, 3.05) is 0 Å². The molecular formula is C10H18N2O5. The van der Waals surface area contributed by atoms with Crippen LogP contribution in [0.4, 0.5) is 0 Å². The van der Waals surface area contributed by atoms with Crippen molar-refractivity contribution in [2.24, 2.45) is 0 Å². The maximum absolute atomic E-state index is 10.9. The molecule has 0 aromatic carbocycles. The molecule has 0 aliphatic carbocycles. The number of nitrogens with one attached hydrogen (secondary N) is 2. The van der Waals surface area contributed by atoms with E-state index in [1.54, 1.807) is 0 Å². The highest BCUT2D eigenvalue weighted by Crippen LogP contribution is 2.04. The van der Waals surface area contributed by atoms with E-state index in [0.717, 1.165) is 0 Å². The minimum Gasteiger partial charge on any atom is -0.391 e. The molecule has 0 unspecified atom stereocenters. The van der Waals surface area contributed by atoms with E-state index in [1.807, 2.05) is 0 Å². The van der Waals surface area contributed by atoms with Crippen LogP contribution in [-0.4, -0.2) is 52.6 Å². The number of amides is 2. The number of hydrogen-bond acceptors (Lipinski definition) is 5. The van der Waals surface area contributed by atoms with Gasteiger partial charge in [-0.2, -0.15) is 0 Å². The van der Waals surface area contributed by atoms with Crippen LogP contribution in [0, 0.1) is 0 Å². The summed E-state index contributed by atoms with van der Waals surface area (Å²) in [5.41, 5.74) is 0. The van der Waals surface area contributed by atoms with E-state index in [4.69, 9.17) is 0 Å². The SMILES string of the molecule is CC(=O)N[C@H]([C@H](O)[C@H](C=O)NC(C)=O)[C@H](C)O. The van der Waals surface area contributed by atoms with Crippen molar-refractivity contribution in [3.05, 3.63) is 0 Å². The van der Waals surface area contributed by atoms with Crippen LogP contribution in [0.3, 0.4) is 0 Å². The van der Waals surface area contributed by atoms with Crippen molar-refractivity contribution in [1.29, 1.82) is 0 Å². The van der Waals surface area contributed by atoms with Crippen molar-refractivity contribution in [3.63, 3.8) is 0 Å². The molecule has 17 heavy (non-hydrogen) atoms. The fraction of sp³-hybridized carbons (Fsp3) is 0.700. The van der Waals surface area contributed by atoms with E-state index in [0.29, 0.717) is 6.29 Å². The second-order valence-electron chi connectivity index (χ2n) is 3.82. The summed E-state index contributed by atoms with van der Waals surface area (Å²) in [5.74, 6) is -0.948. The quantitative estimate of drug-likeness (QED) is 0.402. The maximum atomic E-state index is 10.9. The topological polar surface area (TPSA) is 116 Å². The number of rotatable bonds is 6. The van der Waals surface area contributed by atoms with Gasteiger partial charge in [-0.3, -0.25) is 9.59 Å². The Morgan fingerprint density at radius 3 is 1.88 bits per heavy atom. The first-order valence-corrected chi connectivity index (χ1v) is 5.15. The van der Waals surface area contributed by atoms with Crippen LogP contribution < -0.4 is 10.6 Å². The number of carbonyl (C=O) groups is 3. The summed E-state index contributed by atoms with van der Waals surface area (Å²) in [6.07, 6.45) is -2.12. The van der Waals surface area contributed by atoms with Crippen LogP contribution >= 0.6 is 0 Å². The maximum Gasteiger partial charge on any atom is 0.217 e. The molecule has 4 N–H and O–H groups in total. The van der Waals surface area contributed by atoms with Crippen LogP contribution in [0.5, 0.6) is 0 Å². The second kappa shape index (κ2) is 6.97. The Hall–Kier alpha value is -1.47. The van der Waals surface area contributed by atoms with Gasteiger partial charge in [0.2, 0.25) is 11.8 Å². The van der Waals surface area contributed by atoms with E-state index < -0.39 is 36.1 Å². The summed E-state index contributed by atoms with van der Waals surface area (Å²) in [4.78, 5) is 32.4. The molecule has 0 bridgehead atoms. The average Bonchev–Trinajstić information content (AvgIpc) is 2.20. The van der Waals surface area contributed by atoms with Gasteiger partial charge < -0.3 is 25.6 Å². The molecule has 0 saturated heterocycles. The number of aliphatic hydroxyl groups is 2. The third kappa shape index (κ3) is 5.41. The number of aliphatic hydroxyl groups excluding tert-OH is 2. The predicted octanol–water partition coefficient (Wildman–Crippen LogP) is -2.06. The summed E-state index contributed by atoms with van der Waals surface area (Å²) in [6, 6.07) is -2.21. The lowest BCUT2D eigenvalue weighted by molar-refractivity contribution is -0.126. The first-order chi connectivity index (χ1) is 7.79. The Morgan fingerprint density at radius 2 is 1.59 bits per heavy atom. The molecule has 0 aliphatic heterocycles. The second-order valence-corrected chi connectivity index (χ2v) is 3.82. The number of carbonyl (C=O) groups excluding carboxylic acids is 3. The molecule has 7 heteroatoms. The summed E-state index contributed by atoms with van der Waals surface area (Å²) >= 11 is 0. The van der Waals surface area contributed by atoms with E-state index >= 15 is 0 Å². The van der Waals surface area contributed by atoms with Crippen molar-refractivity contribution < 1.29 is 24.6 Å². The molecule has 0 aromatic rings. The zero-order valence-corrected chi connectivity index (χ0v) is 10.0. The molecule has 0 aliphatic rings. The van der Waals surface area contributed by atoms with E-state index in [-0.39, 0.29) is 0 Å². The Bertz CT molecular complexity index is 292. The molecule has 98 valence electrons. The Labute approximate surface area is 99.2 Å². The van der Waals surface area contributed by atoms with Gasteiger partial charge in [0.05, 0.1) is 12.1 Å². The molecule has 0 spiro atoms. The fourth-order valence-electron chi connectivity index (χ4n) is 1.38. The van der Waals surface area contributed by atoms with E-state index in [2.05, 4.69) is 10.6 Å². The van der Waals surface area contributed by atoms with Gasteiger partial charge in [-0.05, 0) is 6.92 Å². The zero-order chi connectivity index (χ0) is 13.6. The van der Waals surface area contributed by atoms with Crippen molar-refractivity contribution in [1.82, 2.24) is 10.6 Å². The lowest BCUT2D eigenvalue weighted by Gasteiger charge is -2.29. The minimum absolute atomic E-state index is 0.350. The Kier molecular flexibility index (Phi) is 6.37. The highest BCUT2D eigenvalue weighted by Gasteiger charge is 2.31. The summed E-state index contributed by atoms with van der Waals surface area (Å²) in [7, 11) is 0. The summed E-state index contributed by atoms with van der Waals surface area (Å²) < 4.78 is 0.